The molecule has 2 aromatic carbocycles. The van der Waals surface area contributed by atoms with Gasteiger partial charge < -0.3 is 0 Å². The number of benzene rings is 2. The first kappa shape index (κ1) is 18.6. The molecular formula is C20H20F2N2OS. The Labute approximate surface area is 154 Å². The van der Waals surface area contributed by atoms with Gasteiger partial charge in [-0.15, -0.1) is 0 Å². The molecule has 6 heteroatoms. The summed E-state index contributed by atoms with van der Waals surface area (Å²) < 4.78 is 42.2. The van der Waals surface area contributed by atoms with Crippen LogP contribution >= 0.6 is 0 Å². The zero-order chi connectivity index (χ0) is 18.9. The Morgan fingerprint density at radius 2 is 1.77 bits per heavy atom. The third kappa shape index (κ3) is 4.14. The molecule has 0 radical (unpaired) electrons. The lowest BCUT2D eigenvalue weighted by Crippen LogP contribution is -2.33. The minimum atomic E-state index is -1.26. The molecule has 0 aliphatic rings. The minimum Gasteiger partial charge on any atom is -0.247 e. The molecule has 0 fully saturated rings. The first-order valence-electron chi connectivity index (χ1n) is 8.24. The van der Waals surface area contributed by atoms with Gasteiger partial charge in [-0.2, -0.15) is 0 Å². The first-order valence-corrected chi connectivity index (χ1v) is 9.39. The highest BCUT2D eigenvalue weighted by Gasteiger charge is 2.20. The molecule has 3 rings (SSSR count). The predicted octanol–water partition coefficient (Wildman–Crippen LogP) is 4.73. The van der Waals surface area contributed by atoms with Crippen molar-refractivity contribution in [3.8, 4) is 11.3 Å². The van der Waals surface area contributed by atoms with Crippen molar-refractivity contribution in [2.24, 2.45) is 0 Å². The van der Waals surface area contributed by atoms with E-state index in [1.807, 2.05) is 26.8 Å². The number of pyridine rings is 1. The van der Waals surface area contributed by atoms with Gasteiger partial charge in [0, 0.05) is 23.6 Å². The van der Waals surface area contributed by atoms with Crippen molar-refractivity contribution in [2.45, 2.75) is 32.1 Å². The van der Waals surface area contributed by atoms with Gasteiger partial charge in [-0.1, -0.05) is 12.1 Å². The van der Waals surface area contributed by atoms with E-state index in [9.17, 15) is 13.0 Å². The van der Waals surface area contributed by atoms with Gasteiger partial charge in [0.2, 0.25) is 0 Å². The minimum absolute atomic E-state index is 0.302. The van der Waals surface area contributed by atoms with Crippen LogP contribution in [0.1, 0.15) is 26.3 Å². The van der Waals surface area contributed by atoms with Crippen LogP contribution in [0.5, 0.6) is 0 Å². The molecular weight excluding hydrogens is 354 g/mol. The Morgan fingerprint density at radius 3 is 2.46 bits per heavy atom. The van der Waals surface area contributed by atoms with Crippen LogP contribution in [0, 0.1) is 11.6 Å². The topological polar surface area (TPSA) is 42.0 Å². The number of rotatable bonds is 4. The van der Waals surface area contributed by atoms with Gasteiger partial charge in [-0.25, -0.2) is 22.7 Å². The van der Waals surface area contributed by atoms with Crippen LogP contribution in [0.4, 0.5) is 8.78 Å². The van der Waals surface area contributed by atoms with Gasteiger partial charge in [-0.05, 0) is 56.7 Å². The van der Waals surface area contributed by atoms with Crippen molar-refractivity contribution < 1.29 is 13.0 Å². The van der Waals surface area contributed by atoms with Crippen molar-refractivity contribution >= 4 is 21.9 Å². The second-order valence-electron chi connectivity index (χ2n) is 7.05. The van der Waals surface area contributed by atoms with Crippen LogP contribution in [-0.4, -0.2) is 13.9 Å². The Balaban J connectivity index is 2.08. The van der Waals surface area contributed by atoms with Crippen LogP contribution in [0.25, 0.3) is 22.2 Å². The smallest absolute Gasteiger partial charge is 0.125 e. The van der Waals surface area contributed by atoms with E-state index < -0.39 is 15.7 Å². The summed E-state index contributed by atoms with van der Waals surface area (Å²) in [7, 11) is -1.26. The van der Waals surface area contributed by atoms with Crippen molar-refractivity contribution in [3.05, 3.63) is 65.7 Å². The fraction of sp³-hybridized carbons (Fsp3) is 0.250. The van der Waals surface area contributed by atoms with Crippen molar-refractivity contribution in [1.82, 2.24) is 9.71 Å². The summed E-state index contributed by atoms with van der Waals surface area (Å²) >= 11 is 0. The third-order valence-corrected chi connectivity index (χ3v) is 5.43. The van der Waals surface area contributed by atoms with E-state index in [-0.39, 0.29) is 11.6 Å². The zero-order valence-corrected chi connectivity index (χ0v) is 15.7. The number of hydrogen-bond donors (Lipinski definition) is 1. The molecule has 0 aliphatic heterocycles. The molecule has 136 valence electrons. The summed E-state index contributed by atoms with van der Waals surface area (Å²) in [6, 6.07) is 12.3. The van der Waals surface area contributed by atoms with E-state index >= 15 is 0 Å². The molecule has 1 atom stereocenters. The highest BCUT2D eigenvalue weighted by Crippen LogP contribution is 2.27. The summed E-state index contributed by atoms with van der Waals surface area (Å²) in [4.78, 5) is 4.54. The fourth-order valence-corrected chi connectivity index (χ4v) is 3.28. The van der Waals surface area contributed by atoms with E-state index in [4.69, 9.17) is 0 Å². The molecule has 0 aliphatic carbocycles. The molecule has 1 N–H and O–H groups in total. The van der Waals surface area contributed by atoms with Crippen molar-refractivity contribution in [2.75, 3.05) is 0 Å². The van der Waals surface area contributed by atoms with Gasteiger partial charge in [-0.3, -0.25) is 0 Å². The van der Waals surface area contributed by atoms with E-state index in [0.717, 1.165) is 10.9 Å². The van der Waals surface area contributed by atoms with Crippen LogP contribution in [0.15, 0.2) is 48.5 Å². The van der Waals surface area contributed by atoms with E-state index in [2.05, 4.69) is 9.71 Å². The maximum Gasteiger partial charge on any atom is 0.125 e. The molecule has 0 amide bonds. The Morgan fingerprint density at radius 1 is 1.04 bits per heavy atom. The summed E-state index contributed by atoms with van der Waals surface area (Å²) in [6.07, 6.45) is 0. The average molecular weight is 374 g/mol. The molecule has 0 spiro atoms. The highest BCUT2D eigenvalue weighted by atomic mass is 32.2. The van der Waals surface area contributed by atoms with Crippen LogP contribution in [0.2, 0.25) is 0 Å². The number of nitrogens with one attached hydrogen (secondary N) is 1. The molecule has 1 unspecified atom stereocenters. The Hall–Kier alpha value is -2.18. The maximum atomic E-state index is 13.7. The molecule has 1 heterocycles. The van der Waals surface area contributed by atoms with E-state index in [0.29, 0.717) is 23.3 Å². The van der Waals surface area contributed by atoms with E-state index in [1.54, 1.807) is 18.2 Å². The van der Waals surface area contributed by atoms with Crippen LogP contribution in [0.3, 0.4) is 0 Å². The van der Waals surface area contributed by atoms with Gasteiger partial charge in [0.1, 0.15) is 11.6 Å². The molecule has 1 aromatic heterocycles. The van der Waals surface area contributed by atoms with E-state index in [1.165, 1.54) is 24.3 Å². The molecule has 26 heavy (non-hydrogen) atoms. The first-order chi connectivity index (χ1) is 12.2. The van der Waals surface area contributed by atoms with Gasteiger partial charge >= 0.3 is 0 Å². The Kier molecular flexibility index (Phi) is 5.16. The highest BCUT2D eigenvalue weighted by molar-refractivity contribution is 7.84. The van der Waals surface area contributed by atoms with Crippen LogP contribution < -0.4 is 4.72 Å². The largest absolute Gasteiger partial charge is 0.247 e. The lowest BCUT2D eigenvalue weighted by atomic mass is 10.0. The SMILES string of the molecule is CC(C)(C)S(=O)NCc1cc2ccc(F)cc2nc1-c1cccc(F)c1. The third-order valence-electron chi connectivity index (χ3n) is 3.91. The number of halogens is 2. The number of fused-ring (bicyclic) bond motifs is 1. The molecule has 0 saturated carbocycles. The number of aromatic nitrogens is 1. The van der Waals surface area contributed by atoms with Crippen molar-refractivity contribution in [1.29, 1.82) is 0 Å². The van der Waals surface area contributed by atoms with Crippen molar-refractivity contribution in [3.63, 3.8) is 0 Å². The summed E-state index contributed by atoms with van der Waals surface area (Å²) in [5.41, 5.74) is 2.40. The van der Waals surface area contributed by atoms with Gasteiger partial charge in [0.05, 0.1) is 26.9 Å². The number of nitrogens with zero attached hydrogens (tertiary/aromatic N) is 1. The quantitative estimate of drug-likeness (QED) is 0.717. The molecule has 3 nitrogen and oxygen atoms in total. The fourth-order valence-electron chi connectivity index (χ4n) is 2.56. The second-order valence-corrected chi connectivity index (χ2v) is 9.10. The Bertz CT molecular complexity index is 983. The summed E-state index contributed by atoms with van der Waals surface area (Å²) in [6.45, 7) is 5.94. The van der Waals surface area contributed by atoms with Gasteiger partial charge in [0.25, 0.3) is 0 Å². The predicted molar refractivity (Wildman–Crippen MR) is 102 cm³/mol. The summed E-state index contributed by atoms with van der Waals surface area (Å²) in [5, 5.41) is 0.768. The standard InChI is InChI=1S/C20H20F2N2OS/c1-20(2,3)26(25)23-12-15-9-13-7-8-17(22)11-18(13)24-19(15)14-5-4-6-16(21)10-14/h4-11,23H,12H2,1-3H3. The number of hydrogen-bond acceptors (Lipinski definition) is 2. The molecule has 3 aromatic rings. The lowest BCUT2D eigenvalue weighted by molar-refractivity contribution is 0.627. The molecule has 0 saturated heterocycles. The molecule has 0 bridgehead atoms. The lowest BCUT2D eigenvalue weighted by Gasteiger charge is -2.19. The zero-order valence-electron chi connectivity index (χ0n) is 14.8. The van der Waals surface area contributed by atoms with Crippen LogP contribution in [-0.2, 0) is 17.5 Å². The second kappa shape index (κ2) is 7.21. The average Bonchev–Trinajstić information content (AvgIpc) is 2.58. The maximum absolute atomic E-state index is 13.7. The normalized spacial score (nSPS) is 13.1. The summed E-state index contributed by atoms with van der Waals surface area (Å²) in [5.74, 6) is -0.754. The van der Waals surface area contributed by atoms with Gasteiger partial charge in [0.15, 0.2) is 0 Å². The monoisotopic (exact) mass is 374 g/mol.